The molecule has 1 aliphatic rings. The minimum atomic E-state index is -0.180. The van der Waals surface area contributed by atoms with E-state index in [1.165, 1.54) is 0 Å². The molecular formula is C16H17ClN4O2. The topological polar surface area (TPSA) is 67.4 Å². The third-order valence-electron chi connectivity index (χ3n) is 3.59. The number of halogens is 1. The van der Waals surface area contributed by atoms with Crippen LogP contribution >= 0.6 is 11.6 Å². The fraction of sp³-hybridized carbons (Fsp3) is 0.312. The molecule has 23 heavy (non-hydrogen) atoms. The number of hydrogen-bond donors (Lipinski definition) is 1. The third kappa shape index (κ3) is 4.10. The summed E-state index contributed by atoms with van der Waals surface area (Å²) in [5, 5.41) is 3.35. The van der Waals surface area contributed by atoms with Gasteiger partial charge in [0.2, 0.25) is 0 Å². The van der Waals surface area contributed by atoms with Crippen molar-refractivity contribution in [2.75, 3.05) is 18.4 Å². The second-order valence-electron chi connectivity index (χ2n) is 5.27. The number of para-hydroxylation sites is 1. The molecule has 1 atom stereocenters. The Morgan fingerprint density at radius 3 is 2.83 bits per heavy atom. The smallest absolute Gasteiger partial charge is 0.322 e. The molecular weight excluding hydrogens is 316 g/mol. The number of ether oxygens (including phenoxy) is 1. The van der Waals surface area contributed by atoms with Gasteiger partial charge in [0.15, 0.2) is 0 Å². The summed E-state index contributed by atoms with van der Waals surface area (Å²) in [6, 6.07) is 9.06. The van der Waals surface area contributed by atoms with Gasteiger partial charge in [0.25, 0.3) is 0 Å². The lowest BCUT2D eigenvalue weighted by molar-refractivity contribution is 0.0983. The van der Waals surface area contributed by atoms with E-state index in [1.807, 2.05) is 12.1 Å². The molecule has 2 heterocycles. The lowest BCUT2D eigenvalue weighted by Gasteiger charge is -2.32. The maximum atomic E-state index is 12.4. The summed E-state index contributed by atoms with van der Waals surface area (Å²) in [7, 11) is 0. The molecule has 120 valence electrons. The van der Waals surface area contributed by atoms with Crippen LogP contribution in [-0.4, -0.2) is 40.1 Å². The van der Waals surface area contributed by atoms with Crippen LogP contribution in [0.3, 0.4) is 0 Å². The van der Waals surface area contributed by atoms with E-state index in [2.05, 4.69) is 15.3 Å². The molecule has 1 saturated heterocycles. The van der Waals surface area contributed by atoms with E-state index in [1.54, 1.807) is 35.5 Å². The van der Waals surface area contributed by atoms with Crippen LogP contribution in [0.25, 0.3) is 0 Å². The van der Waals surface area contributed by atoms with E-state index in [9.17, 15) is 4.79 Å². The predicted octanol–water partition coefficient (Wildman–Crippen LogP) is 3.21. The van der Waals surface area contributed by atoms with Gasteiger partial charge in [0.1, 0.15) is 6.10 Å². The number of likely N-dealkylation sites (tertiary alicyclic amines) is 1. The van der Waals surface area contributed by atoms with Gasteiger partial charge in [-0.3, -0.25) is 0 Å². The Hall–Kier alpha value is -2.34. The lowest BCUT2D eigenvalue weighted by Crippen LogP contribution is -2.46. The summed E-state index contributed by atoms with van der Waals surface area (Å²) in [5.41, 5.74) is 0.605. The highest BCUT2D eigenvalue weighted by Crippen LogP contribution is 2.22. The van der Waals surface area contributed by atoms with Gasteiger partial charge in [-0.25, -0.2) is 14.8 Å². The van der Waals surface area contributed by atoms with Gasteiger partial charge in [-0.1, -0.05) is 23.7 Å². The Labute approximate surface area is 139 Å². The average Bonchev–Trinajstić information content (AvgIpc) is 2.58. The van der Waals surface area contributed by atoms with Crippen molar-refractivity contribution < 1.29 is 9.53 Å². The molecule has 2 aromatic rings. The standard InChI is InChI=1S/C16H17ClN4O2/c17-13-6-1-2-7-14(13)20-16(22)21-10-3-5-12(11-21)23-15-18-8-4-9-19-15/h1-2,4,6-9,12H,3,5,10-11H2,(H,20,22)/t12-/m0/s1. The van der Waals surface area contributed by atoms with Crippen molar-refractivity contribution in [1.82, 2.24) is 14.9 Å². The van der Waals surface area contributed by atoms with E-state index >= 15 is 0 Å². The van der Waals surface area contributed by atoms with Gasteiger partial charge >= 0.3 is 12.0 Å². The van der Waals surface area contributed by atoms with Crippen molar-refractivity contribution in [3.63, 3.8) is 0 Å². The Morgan fingerprint density at radius 1 is 1.26 bits per heavy atom. The minimum Gasteiger partial charge on any atom is -0.458 e. The van der Waals surface area contributed by atoms with E-state index in [4.69, 9.17) is 16.3 Å². The largest absolute Gasteiger partial charge is 0.458 e. The first-order valence-corrected chi connectivity index (χ1v) is 7.84. The van der Waals surface area contributed by atoms with Crippen molar-refractivity contribution in [3.8, 4) is 6.01 Å². The molecule has 0 aliphatic carbocycles. The van der Waals surface area contributed by atoms with Crippen LogP contribution in [0.1, 0.15) is 12.8 Å². The summed E-state index contributed by atoms with van der Waals surface area (Å²) < 4.78 is 5.74. The van der Waals surface area contributed by atoms with Crippen LogP contribution < -0.4 is 10.1 Å². The fourth-order valence-corrected chi connectivity index (χ4v) is 2.65. The van der Waals surface area contributed by atoms with Crippen molar-refractivity contribution >= 4 is 23.3 Å². The molecule has 0 unspecified atom stereocenters. The number of urea groups is 1. The van der Waals surface area contributed by atoms with Crippen LogP contribution in [0.4, 0.5) is 10.5 Å². The van der Waals surface area contributed by atoms with E-state index < -0.39 is 0 Å². The monoisotopic (exact) mass is 332 g/mol. The van der Waals surface area contributed by atoms with Crippen LogP contribution in [0, 0.1) is 0 Å². The molecule has 0 saturated carbocycles. The molecule has 7 heteroatoms. The number of rotatable bonds is 3. The summed E-state index contributed by atoms with van der Waals surface area (Å²) >= 11 is 6.07. The number of amides is 2. The number of nitrogens with one attached hydrogen (secondary N) is 1. The lowest BCUT2D eigenvalue weighted by atomic mass is 10.1. The molecule has 3 rings (SSSR count). The maximum absolute atomic E-state index is 12.4. The zero-order valence-corrected chi connectivity index (χ0v) is 13.2. The van der Waals surface area contributed by atoms with Gasteiger partial charge in [-0.2, -0.15) is 0 Å². The van der Waals surface area contributed by atoms with Crippen LogP contribution in [0.2, 0.25) is 5.02 Å². The van der Waals surface area contributed by atoms with Crippen molar-refractivity contribution in [2.45, 2.75) is 18.9 Å². The van der Waals surface area contributed by atoms with Crippen molar-refractivity contribution in [1.29, 1.82) is 0 Å². The molecule has 1 aliphatic heterocycles. The van der Waals surface area contributed by atoms with Crippen molar-refractivity contribution in [2.24, 2.45) is 0 Å². The SMILES string of the molecule is O=C(Nc1ccccc1Cl)N1CCC[C@H](Oc2ncccn2)C1. The Morgan fingerprint density at radius 2 is 2.04 bits per heavy atom. The van der Waals surface area contributed by atoms with Crippen LogP contribution in [0.5, 0.6) is 6.01 Å². The van der Waals surface area contributed by atoms with E-state index in [0.29, 0.717) is 29.8 Å². The zero-order valence-electron chi connectivity index (χ0n) is 12.5. The molecule has 0 spiro atoms. The number of piperidine rings is 1. The average molecular weight is 333 g/mol. The second-order valence-corrected chi connectivity index (χ2v) is 5.68. The van der Waals surface area contributed by atoms with Crippen LogP contribution in [-0.2, 0) is 0 Å². The minimum absolute atomic E-state index is 0.108. The van der Waals surface area contributed by atoms with Gasteiger partial charge < -0.3 is 15.0 Å². The fourth-order valence-electron chi connectivity index (χ4n) is 2.47. The molecule has 6 nitrogen and oxygen atoms in total. The molecule has 1 fully saturated rings. The molecule has 1 aromatic carbocycles. The Bertz CT molecular complexity index is 668. The number of carbonyl (C=O) groups is 1. The number of benzene rings is 1. The number of carbonyl (C=O) groups excluding carboxylic acids is 1. The number of hydrogen-bond acceptors (Lipinski definition) is 4. The summed E-state index contributed by atoms with van der Waals surface area (Å²) in [4.78, 5) is 22.2. The number of aromatic nitrogens is 2. The highest BCUT2D eigenvalue weighted by atomic mass is 35.5. The number of nitrogens with zero attached hydrogens (tertiary/aromatic N) is 3. The van der Waals surface area contributed by atoms with Crippen molar-refractivity contribution in [3.05, 3.63) is 47.7 Å². The van der Waals surface area contributed by atoms with Gasteiger partial charge in [-0.15, -0.1) is 0 Å². The first-order valence-electron chi connectivity index (χ1n) is 7.46. The van der Waals surface area contributed by atoms with Crippen LogP contribution in [0.15, 0.2) is 42.7 Å². The highest BCUT2D eigenvalue weighted by Gasteiger charge is 2.25. The molecule has 1 N–H and O–H groups in total. The van der Waals surface area contributed by atoms with Gasteiger partial charge in [-0.05, 0) is 31.0 Å². The van der Waals surface area contributed by atoms with E-state index in [0.717, 1.165) is 12.8 Å². The molecule has 2 amide bonds. The molecule has 0 radical (unpaired) electrons. The highest BCUT2D eigenvalue weighted by molar-refractivity contribution is 6.33. The quantitative estimate of drug-likeness (QED) is 0.937. The first kappa shape index (κ1) is 15.6. The molecule has 1 aromatic heterocycles. The van der Waals surface area contributed by atoms with Gasteiger partial charge in [0, 0.05) is 18.9 Å². The first-order chi connectivity index (χ1) is 11.2. The second kappa shape index (κ2) is 7.28. The zero-order chi connectivity index (χ0) is 16.1. The predicted molar refractivity (Wildman–Crippen MR) is 87.7 cm³/mol. The van der Waals surface area contributed by atoms with E-state index in [-0.39, 0.29) is 12.1 Å². The Balaban J connectivity index is 1.59. The summed E-state index contributed by atoms with van der Waals surface area (Å²) in [6.07, 6.45) is 4.89. The number of anilines is 1. The van der Waals surface area contributed by atoms with Gasteiger partial charge in [0.05, 0.1) is 17.3 Å². The normalized spacial score (nSPS) is 17.6. The molecule has 0 bridgehead atoms. The summed E-state index contributed by atoms with van der Waals surface area (Å²) in [6.45, 7) is 1.18. The third-order valence-corrected chi connectivity index (χ3v) is 3.92. The maximum Gasteiger partial charge on any atom is 0.322 e. The Kier molecular flexibility index (Phi) is 4.92. The summed E-state index contributed by atoms with van der Waals surface area (Å²) in [5.74, 6) is 0.